The molecule has 2 aromatic rings. The Labute approximate surface area is 137 Å². The van der Waals surface area contributed by atoms with Crippen molar-refractivity contribution in [2.24, 2.45) is 0 Å². The number of imide groups is 1. The molecule has 0 radical (unpaired) electrons. The van der Waals surface area contributed by atoms with Gasteiger partial charge in [0.15, 0.2) is 11.5 Å². The van der Waals surface area contributed by atoms with Gasteiger partial charge in [0.25, 0.3) is 23.1 Å². The van der Waals surface area contributed by atoms with Crippen LogP contribution in [0.5, 0.6) is 11.5 Å². The van der Waals surface area contributed by atoms with Crippen LogP contribution in [0.25, 0.3) is 5.69 Å². The molecule has 0 fully saturated rings. The van der Waals surface area contributed by atoms with E-state index in [1.807, 2.05) is 5.32 Å². The highest BCUT2D eigenvalue weighted by Gasteiger charge is 2.34. The number of nitrogens with two attached hydrogens (primary N) is 1. The van der Waals surface area contributed by atoms with E-state index in [0.29, 0.717) is 0 Å². The van der Waals surface area contributed by atoms with Crippen molar-refractivity contribution in [3.63, 3.8) is 0 Å². The fourth-order valence-electron chi connectivity index (χ4n) is 2.77. The van der Waals surface area contributed by atoms with Crippen LogP contribution < -0.4 is 26.1 Å². The van der Waals surface area contributed by atoms with E-state index in [4.69, 9.17) is 15.2 Å². The monoisotopic (exact) mass is 344 g/mol. The minimum absolute atomic E-state index is 0.124. The topological polar surface area (TPSA) is 156 Å². The van der Waals surface area contributed by atoms with Gasteiger partial charge in [-0.25, -0.2) is 0 Å². The van der Waals surface area contributed by atoms with Gasteiger partial charge in [-0.05, 0) is 0 Å². The predicted octanol–water partition coefficient (Wildman–Crippen LogP) is -0.0598. The number of ether oxygens (including phenoxy) is 2. The van der Waals surface area contributed by atoms with Crippen LogP contribution in [0.2, 0.25) is 0 Å². The molecule has 0 bridgehead atoms. The highest BCUT2D eigenvalue weighted by Crippen LogP contribution is 2.40. The maximum absolute atomic E-state index is 12.4. The summed E-state index contributed by atoms with van der Waals surface area (Å²) in [5.74, 6) is -1.58. The first-order chi connectivity index (χ1) is 11.9. The number of benzene rings is 1. The zero-order valence-electron chi connectivity index (χ0n) is 12.3. The van der Waals surface area contributed by atoms with E-state index in [1.165, 1.54) is 6.07 Å². The third-order valence-electron chi connectivity index (χ3n) is 3.86. The molecule has 0 unspecified atom stereocenters. The number of nitro benzene ring substituents is 1. The van der Waals surface area contributed by atoms with Gasteiger partial charge < -0.3 is 15.2 Å². The lowest BCUT2D eigenvalue weighted by Crippen LogP contribution is -2.24. The molecule has 1 aromatic heterocycles. The van der Waals surface area contributed by atoms with Crippen molar-refractivity contribution in [2.45, 2.75) is 0 Å². The zero-order valence-corrected chi connectivity index (χ0v) is 12.3. The number of amides is 2. The van der Waals surface area contributed by atoms with Crippen molar-refractivity contribution in [3.05, 3.63) is 49.8 Å². The van der Waals surface area contributed by atoms with Gasteiger partial charge in [-0.2, -0.15) is 0 Å². The second-order valence-corrected chi connectivity index (χ2v) is 5.23. The molecule has 2 aliphatic heterocycles. The van der Waals surface area contributed by atoms with E-state index in [2.05, 4.69) is 0 Å². The van der Waals surface area contributed by atoms with Crippen molar-refractivity contribution in [1.29, 1.82) is 0 Å². The summed E-state index contributed by atoms with van der Waals surface area (Å²) in [5.41, 5.74) is 4.03. The molecule has 0 aliphatic carbocycles. The second-order valence-electron chi connectivity index (χ2n) is 5.23. The van der Waals surface area contributed by atoms with E-state index in [1.54, 1.807) is 0 Å². The van der Waals surface area contributed by atoms with Gasteiger partial charge in [0.1, 0.15) is 11.5 Å². The number of hydrogen-bond acceptors (Lipinski definition) is 8. The number of nitrogens with zero attached hydrogens (tertiary/aromatic N) is 2. The van der Waals surface area contributed by atoms with E-state index < -0.39 is 28.0 Å². The van der Waals surface area contributed by atoms with Crippen LogP contribution in [-0.2, 0) is 0 Å². The first kappa shape index (κ1) is 14.7. The Morgan fingerprint density at radius 3 is 2.48 bits per heavy atom. The number of carbonyl (C=O) groups excluding carboxylic acids is 2. The average Bonchev–Trinajstić information content (AvgIpc) is 3.10. The maximum Gasteiger partial charge on any atom is 0.297 e. The van der Waals surface area contributed by atoms with Crippen LogP contribution in [0.1, 0.15) is 20.7 Å². The minimum atomic E-state index is -0.803. The van der Waals surface area contributed by atoms with Crippen LogP contribution >= 0.6 is 0 Å². The molecule has 4 rings (SSSR count). The van der Waals surface area contributed by atoms with Crippen molar-refractivity contribution in [3.8, 4) is 17.2 Å². The lowest BCUT2D eigenvalue weighted by Gasteiger charge is -2.12. The van der Waals surface area contributed by atoms with Gasteiger partial charge in [-0.3, -0.25) is 34.4 Å². The highest BCUT2D eigenvalue weighted by molar-refractivity contribution is 6.23. The van der Waals surface area contributed by atoms with Gasteiger partial charge in [0.2, 0.25) is 6.79 Å². The summed E-state index contributed by atoms with van der Waals surface area (Å²) >= 11 is 0. The maximum atomic E-state index is 12.4. The Morgan fingerprint density at radius 2 is 1.80 bits per heavy atom. The number of aromatic nitrogens is 1. The van der Waals surface area contributed by atoms with Crippen molar-refractivity contribution in [2.75, 3.05) is 12.5 Å². The van der Waals surface area contributed by atoms with E-state index >= 15 is 0 Å². The van der Waals surface area contributed by atoms with Crippen molar-refractivity contribution in [1.82, 2.24) is 9.88 Å². The summed E-state index contributed by atoms with van der Waals surface area (Å²) in [7, 11) is 0. The third-order valence-corrected chi connectivity index (χ3v) is 3.86. The first-order valence-electron chi connectivity index (χ1n) is 6.88. The quantitative estimate of drug-likeness (QED) is 0.436. The summed E-state index contributed by atoms with van der Waals surface area (Å²) in [6.45, 7) is -0.124. The Hall–Kier alpha value is -3.89. The Bertz CT molecular complexity index is 1060. The molecule has 0 spiro atoms. The second kappa shape index (κ2) is 4.80. The number of nitrogen functional groups attached to an aromatic ring is 1. The molecule has 11 nitrogen and oxygen atoms in total. The lowest BCUT2D eigenvalue weighted by molar-refractivity contribution is -0.384. The number of anilines is 1. The minimum Gasteiger partial charge on any atom is -0.454 e. The predicted molar refractivity (Wildman–Crippen MR) is 81.0 cm³/mol. The number of rotatable bonds is 2. The molecular weight excluding hydrogens is 336 g/mol. The van der Waals surface area contributed by atoms with Gasteiger partial charge >= 0.3 is 0 Å². The Morgan fingerprint density at radius 1 is 1.12 bits per heavy atom. The summed E-state index contributed by atoms with van der Waals surface area (Å²) in [6.07, 6.45) is 0. The summed E-state index contributed by atoms with van der Waals surface area (Å²) in [5, 5.41) is 13.4. The van der Waals surface area contributed by atoms with Gasteiger partial charge in [0, 0.05) is 12.1 Å². The molecule has 0 saturated heterocycles. The summed E-state index contributed by atoms with van der Waals surface area (Å²) < 4.78 is 11.1. The normalized spacial score (nSPS) is 14.4. The Balaban J connectivity index is 2.06. The van der Waals surface area contributed by atoms with Gasteiger partial charge in [0.05, 0.1) is 22.1 Å². The first-order valence-corrected chi connectivity index (χ1v) is 6.88. The van der Waals surface area contributed by atoms with Crippen LogP contribution in [0.15, 0.2) is 23.0 Å². The summed E-state index contributed by atoms with van der Waals surface area (Å²) in [4.78, 5) is 46.7. The lowest BCUT2D eigenvalue weighted by atomic mass is 10.1. The van der Waals surface area contributed by atoms with Crippen LogP contribution in [-0.4, -0.2) is 28.1 Å². The zero-order chi connectivity index (χ0) is 17.9. The van der Waals surface area contributed by atoms with Gasteiger partial charge in [-0.1, -0.05) is 0 Å². The highest BCUT2D eigenvalue weighted by atomic mass is 16.7. The van der Waals surface area contributed by atoms with Gasteiger partial charge in [-0.15, -0.1) is 0 Å². The largest absolute Gasteiger partial charge is 0.454 e. The molecule has 3 N–H and O–H groups in total. The van der Waals surface area contributed by atoms with Crippen LogP contribution in [0.3, 0.4) is 0 Å². The molecule has 25 heavy (non-hydrogen) atoms. The van der Waals surface area contributed by atoms with Crippen molar-refractivity contribution >= 4 is 23.3 Å². The Kier molecular flexibility index (Phi) is 2.82. The molecule has 2 aliphatic rings. The standard InChI is InChI=1S/C14H8N4O7/c15-12-11-5(13(20)16-14(11)21)1-10(19)17(12)6-2-8-9(25-4-24-8)3-7(6)18(22)23/h1-3H,4,15H2,(H,16,20,21). The number of pyridine rings is 1. The molecule has 0 atom stereocenters. The van der Waals surface area contributed by atoms with Crippen molar-refractivity contribution < 1.29 is 24.0 Å². The SMILES string of the molecule is Nc1c2c(cc(=O)n1-c1cc3c(cc1[N+](=O)[O-])OCO3)C(=O)NC2=O. The number of hydrogen-bond donors (Lipinski definition) is 2. The van der Waals surface area contributed by atoms with Crippen LogP contribution in [0.4, 0.5) is 11.5 Å². The number of nitrogens with one attached hydrogen (secondary N) is 1. The molecule has 1 aromatic carbocycles. The number of nitro groups is 1. The molecular formula is C14H8N4O7. The van der Waals surface area contributed by atoms with E-state index in [-0.39, 0.29) is 40.9 Å². The molecule has 3 heterocycles. The third kappa shape index (κ3) is 1.95. The molecule has 2 amide bonds. The fraction of sp³-hybridized carbons (Fsp3) is 0.0714. The molecule has 11 heteroatoms. The number of carbonyl (C=O) groups is 2. The number of fused-ring (bicyclic) bond motifs is 2. The molecule has 0 saturated carbocycles. The molecule has 126 valence electrons. The fourth-order valence-corrected chi connectivity index (χ4v) is 2.77. The smallest absolute Gasteiger partial charge is 0.297 e. The average molecular weight is 344 g/mol. The van der Waals surface area contributed by atoms with E-state index in [9.17, 15) is 24.5 Å². The van der Waals surface area contributed by atoms with Crippen LogP contribution in [0, 0.1) is 10.1 Å². The summed E-state index contributed by atoms with van der Waals surface area (Å²) in [6, 6.07) is 3.22. The van der Waals surface area contributed by atoms with E-state index in [0.717, 1.165) is 16.7 Å².